The van der Waals surface area contributed by atoms with Gasteiger partial charge in [-0.2, -0.15) is 0 Å². The fourth-order valence-electron chi connectivity index (χ4n) is 3.69. The van der Waals surface area contributed by atoms with E-state index in [-0.39, 0.29) is 0 Å². The summed E-state index contributed by atoms with van der Waals surface area (Å²) >= 11 is 0. The molecule has 0 N–H and O–H groups in total. The molecule has 2 heterocycles. The Labute approximate surface area is 154 Å². The van der Waals surface area contributed by atoms with Crippen LogP contribution in [0.15, 0.2) is 59.1 Å². The fourth-order valence-corrected chi connectivity index (χ4v) is 4.84. The largest absolute Gasteiger partial charge is 0.455 e. The molecule has 2 nitrogen and oxygen atoms in total. The van der Waals surface area contributed by atoms with Crippen LogP contribution in [-0.4, -0.2) is 13.1 Å². The predicted octanol–water partition coefficient (Wildman–Crippen LogP) is 6.07. The van der Waals surface area contributed by atoms with Crippen molar-refractivity contribution in [1.82, 2.24) is 4.98 Å². The van der Waals surface area contributed by atoms with Crippen LogP contribution in [0.2, 0.25) is 19.6 Å². The van der Waals surface area contributed by atoms with Gasteiger partial charge in [0.2, 0.25) is 0 Å². The van der Waals surface area contributed by atoms with Gasteiger partial charge in [-0.25, -0.2) is 0 Å². The van der Waals surface area contributed by atoms with Crippen molar-refractivity contribution in [1.29, 1.82) is 0 Å². The Balaban J connectivity index is 1.68. The number of rotatable bonds is 3. The molecular weight excluding hydrogens is 334 g/mol. The topological polar surface area (TPSA) is 26.0 Å². The number of aromatic nitrogens is 1. The minimum Gasteiger partial charge on any atom is -0.455 e. The van der Waals surface area contributed by atoms with Crippen molar-refractivity contribution in [3.05, 3.63) is 60.3 Å². The Kier molecular flexibility index (Phi) is 3.38. The molecule has 1 aliphatic rings. The van der Waals surface area contributed by atoms with Crippen molar-refractivity contribution < 1.29 is 4.42 Å². The van der Waals surface area contributed by atoms with Gasteiger partial charge in [0.25, 0.3) is 0 Å². The van der Waals surface area contributed by atoms with Gasteiger partial charge in [-0.1, -0.05) is 55.2 Å². The van der Waals surface area contributed by atoms with E-state index in [0.29, 0.717) is 0 Å². The number of fused-ring (bicyclic) bond motifs is 3. The minimum absolute atomic E-state index is 0.735. The Bertz CT molecular complexity index is 1110. The van der Waals surface area contributed by atoms with Gasteiger partial charge in [0.1, 0.15) is 11.2 Å². The number of nitrogens with zero attached hydrogens (tertiary/aromatic N) is 1. The normalized spacial score (nSPS) is 15.0. The Morgan fingerprint density at radius 3 is 2.50 bits per heavy atom. The van der Waals surface area contributed by atoms with Crippen LogP contribution in [-0.2, 0) is 0 Å². The van der Waals surface area contributed by atoms with E-state index in [2.05, 4.69) is 68.2 Å². The summed E-state index contributed by atoms with van der Waals surface area (Å²) < 4.78 is 6.35. The van der Waals surface area contributed by atoms with Gasteiger partial charge in [0.05, 0.1) is 13.8 Å². The van der Waals surface area contributed by atoms with E-state index >= 15 is 0 Å². The third-order valence-electron chi connectivity index (χ3n) is 5.48. The summed E-state index contributed by atoms with van der Waals surface area (Å²) in [5, 5.41) is 3.80. The predicted molar refractivity (Wildman–Crippen MR) is 112 cm³/mol. The SMILES string of the molecule is C[Si](C)(C)c1ccc2c(c1)oc1c(-c3ccc(C4CC4)cn3)cccc12. The average molecular weight is 358 g/mol. The van der Waals surface area contributed by atoms with E-state index in [1.807, 2.05) is 6.20 Å². The molecular formula is C23H23NOSi. The monoisotopic (exact) mass is 357 g/mol. The second-order valence-electron chi connectivity index (χ2n) is 8.50. The average Bonchev–Trinajstić information content (AvgIpc) is 3.41. The van der Waals surface area contributed by atoms with Crippen LogP contribution in [0.3, 0.4) is 0 Å². The van der Waals surface area contributed by atoms with Crippen molar-refractivity contribution in [3.8, 4) is 11.3 Å². The third-order valence-corrected chi connectivity index (χ3v) is 7.52. The van der Waals surface area contributed by atoms with Gasteiger partial charge in [0.15, 0.2) is 0 Å². The quantitative estimate of drug-likeness (QED) is 0.416. The zero-order chi connectivity index (χ0) is 17.9. The lowest BCUT2D eigenvalue weighted by atomic mass is 10.1. The first-order valence-corrected chi connectivity index (χ1v) is 12.9. The molecule has 130 valence electrons. The number of furan rings is 1. The van der Waals surface area contributed by atoms with Crippen LogP contribution in [0.25, 0.3) is 33.2 Å². The summed E-state index contributed by atoms with van der Waals surface area (Å²) in [5.41, 5.74) is 5.37. The van der Waals surface area contributed by atoms with Gasteiger partial charge < -0.3 is 4.42 Å². The molecule has 1 aliphatic carbocycles. The smallest absolute Gasteiger partial charge is 0.144 e. The van der Waals surface area contributed by atoms with Crippen LogP contribution in [0.1, 0.15) is 24.3 Å². The zero-order valence-electron chi connectivity index (χ0n) is 15.5. The number of hydrogen-bond acceptors (Lipinski definition) is 2. The maximum absolute atomic E-state index is 6.35. The highest BCUT2D eigenvalue weighted by Crippen LogP contribution is 2.40. The van der Waals surface area contributed by atoms with E-state index in [9.17, 15) is 0 Å². The van der Waals surface area contributed by atoms with Crippen LogP contribution in [0.5, 0.6) is 0 Å². The molecule has 1 saturated carbocycles. The summed E-state index contributed by atoms with van der Waals surface area (Å²) in [7, 11) is -1.36. The first-order chi connectivity index (χ1) is 12.5. The maximum atomic E-state index is 6.35. The molecule has 1 fully saturated rings. The van der Waals surface area contributed by atoms with Gasteiger partial charge in [-0.05, 0) is 42.5 Å². The molecule has 4 aromatic rings. The van der Waals surface area contributed by atoms with Crippen LogP contribution in [0.4, 0.5) is 0 Å². The van der Waals surface area contributed by atoms with Crippen molar-refractivity contribution in [3.63, 3.8) is 0 Å². The van der Waals surface area contributed by atoms with Crippen molar-refractivity contribution in [2.24, 2.45) is 0 Å². The summed E-state index contributed by atoms with van der Waals surface area (Å²) in [6.45, 7) is 7.11. The van der Waals surface area contributed by atoms with Gasteiger partial charge in [-0.15, -0.1) is 0 Å². The molecule has 0 unspecified atom stereocenters. The Morgan fingerprint density at radius 1 is 0.962 bits per heavy atom. The van der Waals surface area contributed by atoms with Crippen LogP contribution in [0, 0.1) is 0 Å². The molecule has 2 aromatic carbocycles. The van der Waals surface area contributed by atoms with Crippen LogP contribution >= 0.6 is 0 Å². The standard InChI is InChI=1S/C23H23NOSi/c1-26(2,3)17-10-11-18-19-5-4-6-20(23(19)25-22(18)13-17)21-12-9-16(14-24-21)15-7-8-15/h4-6,9-15H,7-8H2,1-3H3. The molecule has 0 radical (unpaired) electrons. The van der Waals surface area contributed by atoms with E-state index in [0.717, 1.165) is 28.3 Å². The lowest BCUT2D eigenvalue weighted by Gasteiger charge is -2.15. The molecule has 3 heteroatoms. The lowest BCUT2D eigenvalue weighted by molar-refractivity contribution is 0.670. The van der Waals surface area contributed by atoms with E-state index in [1.165, 1.54) is 34.4 Å². The second-order valence-corrected chi connectivity index (χ2v) is 13.6. The highest BCUT2D eigenvalue weighted by Gasteiger charge is 2.24. The first-order valence-electron chi connectivity index (χ1n) is 9.43. The molecule has 26 heavy (non-hydrogen) atoms. The van der Waals surface area contributed by atoms with Crippen molar-refractivity contribution in [2.45, 2.75) is 38.4 Å². The number of benzene rings is 2. The molecule has 0 amide bonds. The van der Waals surface area contributed by atoms with E-state index in [1.54, 1.807) is 0 Å². The van der Waals surface area contributed by atoms with Crippen molar-refractivity contribution >= 4 is 35.2 Å². The van der Waals surface area contributed by atoms with Gasteiger partial charge in [0, 0.05) is 22.5 Å². The molecule has 5 rings (SSSR count). The molecule has 0 bridgehead atoms. The first kappa shape index (κ1) is 15.8. The third kappa shape index (κ3) is 2.58. The molecule has 0 saturated heterocycles. The summed E-state index contributed by atoms with van der Waals surface area (Å²) in [6, 6.07) is 17.5. The highest BCUT2D eigenvalue weighted by molar-refractivity contribution is 6.88. The van der Waals surface area contributed by atoms with Crippen LogP contribution < -0.4 is 5.19 Å². The molecule has 0 spiro atoms. The summed E-state index contributed by atoms with van der Waals surface area (Å²) in [4.78, 5) is 4.73. The lowest BCUT2D eigenvalue weighted by Crippen LogP contribution is -2.37. The molecule has 0 atom stereocenters. The fraction of sp³-hybridized carbons (Fsp3) is 0.261. The number of para-hydroxylation sites is 1. The minimum atomic E-state index is -1.36. The molecule has 2 aromatic heterocycles. The Hall–Kier alpha value is -2.39. The van der Waals surface area contributed by atoms with Gasteiger partial charge >= 0.3 is 0 Å². The number of pyridine rings is 1. The summed E-state index contributed by atoms with van der Waals surface area (Å²) in [5.74, 6) is 0.735. The second kappa shape index (κ2) is 5.55. The van der Waals surface area contributed by atoms with E-state index in [4.69, 9.17) is 9.40 Å². The highest BCUT2D eigenvalue weighted by atomic mass is 28.3. The van der Waals surface area contributed by atoms with Gasteiger partial charge in [-0.3, -0.25) is 4.98 Å². The number of hydrogen-bond donors (Lipinski definition) is 0. The summed E-state index contributed by atoms with van der Waals surface area (Å²) in [6.07, 6.45) is 4.65. The van der Waals surface area contributed by atoms with Crippen molar-refractivity contribution in [2.75, 3.05) is 0 Å². The van der Waals surface area contributed by atoms with E-state index < -0.39 is 8.07 Å². The maximum Gasteiger partial charge on any atom is 0.144 e. The zero-order valence-corrected chi connectivity index (χ0v) is 16.5. The molecule has 0 aliphatic heterocycles. The Morgan fingerprint density at radius 2 is 1.81 bits per heavy atom.